The summed E-state index contributed by atoms with van der Waals surface area (Å²) in [7, 11) is 0. The van der Waals surface area contributed by atoms with E-state index in [2.05, 4.69) is 15.9 Å². The van der Waals surface area contributed by atoms with Crippen LogP contribution in [0.25, 0.3) is 0 Å². The molecule has 1 atom stereocenters. The van der Waals surface area contributed by atoms with E-state index in [-0.39, 0.29) is 5.75 Å². The van der Waals surface area contributed by atoms with Crippen LogP contribution < -0.4 is 4.74 Å². The maximum atomic E-state index is 13.8. The van der Waals surface area contributed by atoms with E-state index in [0.717, 1.165) is 12.1 Å². The average Bonchev–Trinajstić information content (AvgIpc) is 2.42. The van der Waals surface area contributed by atoms with Gasteiger partial charge in [-0.25, -0.2) is 4.39 Å². The van der Waals surface area contributed by atoms with E-state index in [0.29, 0.717) is 10.0 Å². The topological polar surface area (TPSA) is 72.6 Å². The van der Waals surface area contributed by atoms with Gasteiger partial charge in [0.1, 0.15) is 5.75 Å². The molecule has 0 fully saturated rings. The monoisotopic (exact) mass is 355 g/mol. The number of aliphatic hydroxyl groups is 1. The number of nitrogens with zero attached hydrogens (tertiary/aromatic N) is 1. The fourth-order valence-electron chi connectivity index (χ4n) is 1.71. The van der Waals surface area contributed by atoms with Crippen LogP contribution in [-0.2, 0) is 0 Å². The Kier molecular flexibility index (Phi) is 4.54. The van der Waals surface area contributed by atoms with Gasteiger partial charge in [0.25, 0.3) is 0 Å². The number of nitro benzene ring substituents is 1. The van der Waals surface area contributed by atoms with Crippen LogP contribution in [-0.4, -0.2) is 10.0 Å². The summed E-state index contributed by atoms with van der Waals surface area (Å²) in [6, 6.07) is 8.19. The molecular formula is C14H11BrFNO4. The Morgan fingerprint density at radius 2 is 2.10 bits per heavy atom. The maximum absolute atomic E-state index is 13.8. The van der Waals surface area contributed by atoms with Gasteiger partial charge in [-0.1, -0.05) is 12.1 Å². The number of rotatable bonds is 4. The van der Waals surface area contributed by atoms with Crippen molar-refractivity contribution in [3.05, 3.63) is 62.4 Å². The molecule has 0 heterocycles. The molecule has 21 heavy (non-hydrogen) atoms. The molecule has 0 bridgehead atoms. The number of hydrogen-bond donors (Lipinski definition) is 1. The first kappa shape index (κ1) is 15.4. The first-order valence-corrected chi connectivity index (χ1v) is 6.77. The van der Waals surface area contributed by atoms with Crippen LogP contribution in [0.5, 0.6) is 11.5 Å². The molecule has 7 heteroatoms. The summed E-state index contributed by atoms with van der Waals surface area (Å²) in [5.74, 6) is -1.06. The van der Waals surface area contributed by atoms with Crippen LogP contribution in [0.15, 0.2) is 40.9 Å². The number of benzene rings is 2. The number of aliphatic hydroxyl groups excluding tert-OH is 1. The third kappa shape index (κ3) is 3.37. The molecule has 2 rings (SSSR count). The molecule has 0 aromatic heterocycles. The minimum absolute atomic E-state index is 0.215. The second kappa shape index (κ2) is 6.19. The standard InChI is InChI=1S/C14H11BrFNO4/c1-8(18)9-5-6-13(10(15)7-9)21-14-11(16)3-2-4-12(14)17(19)20/h2-8,18H,1H3. The fraction of sp³-hybridized carbons (Fsp3) is 0.143. The molecular weight excluding hydrogens is 345 g/mol. The molecule has 0 spiro atoms. The number of nitro groups is 1. The summed E-state index contributed by atoms with van der Waals surface area (Å²) in [4.78, 5) is 10.2. The zero-order chi connectivity index (χ0) is 15.6. The van der Waals surface area contributed by atoms with Crippen molar-refractivity contribution in [2.45, 2.75) is 13.0 Å². The lowest BCUT2D eigenvalue weighted by molar-refractivity contribution is -0.385. The van der Waals surface area contributed by atoms with Crippen LogP contribution in [0.1, 0.15) is 18.6 Å². The van der Waals surface area contributed by atoms with Crippen LogP contribution >= 0.6 is 15.9 Å². The molecule has 5 nitrogen and oxygen atoms in total. The van der Waals surface area contributed by atoms with Gasteiger partial charge in [0.15, 0.2) is 5.82 Å². The molecule has 0 saturated carbocycles. The highest BCUT2D eigenvalue weighted by atomic mass is 79.9. The van der Waals surface area contributed by atoms with E-state index in [1.807, 2.05) is 0 Å². The lowest BCUT2D eigenvalue weighted by atomic mass is 10.1. The highest BCUT2D eigenvalue weighted by Crippen LogP contribution is 2.37. The van der Waals surface area contributed by atoms with E-state index in [1.165, 1.54) is 12.1 Å². The fourth-order valence-corrected chi connectivity index (χ4v) is 2.19. The van der Waals surface area contributed by atoms with Gasteiger partial charge in [-0.2, -0.15) is 0 Å². The van der Waals surface area contributed by atoms with Crippen LogP contribution in [0, 0.1) is 15.9 Å². The number of hydrogen-bond acceptors (Lipinski definition) is 4. The summed E-state index contributed by atoms with van der Waals surface area (Å²) in [6.45, 7) is 1.60. The van der Waals surface area contributed by atoms with Crippen LogP contribution in [0.4, 0.5) is 10.1 Å². The number of ether oxygens (including phenoxy) is 1. The molecule has 0 amide bonds. The lowest BCUT2D eigenvalue weighted by Crippen LogP contribution is -1.97. The summed E-state index contributed by atoms with van der Waals surface area (Å²) >= 11 is 3.23. The SMILES string of the molecule is CC(O)c1ccc(Oc2c(F)cccc2[N+](=O)[O-])c(Br)c1. The Morgan fingerprint density at radius 3 is 2.67 bits per heavy atom. The van der Waals surface area contributed by atoms with Gasteiger partial charge < -0.3 is 9.84 Å². The summed E-state index contributed by atoms with van der Waals surface area (Å²) in [5.41, 5.74) is 0.179. The Labute approximate surface area is 128 Å². The van der Waals surface area contributed by atoms with E-state index >= 15 is 0 Å². The van der Waals surface area contributed by atoms with Gasteiger partial charge in [-0.15, -0.1) is 0 Å². The minimum atomic E-state index is -0.823. The van der Waals surface area contributed by atoms with Gasteiger partial charge in [0.2, 0.25) is 5.75 Å². The predicted octanol–water partition coefficient (Wildman–Crippen LogP) is 4.34. The third-order valence-electron chi connectivity index (χ3n) is 2.79. The molecule has 2 aromatic rings. The van der Waals surface area contributed by atoms with Gasteiger partial charge in [0.05, 0.1) is 15.5 Å². The van der Waals surface area contributed by atoms with Crippen molar-refractivity contribution in [2.24, 2.45) is 0 Å². The van der Waals surface area contributed by atoms with Crippen molar-refractivity contribution in [1.29, 1.82) is 0 Å². The molecule has 110 valence electrons. The maximum Gasteiger partial charge on any atom is 0.314 e. The minimum Gasteiger partial charge on any atom is -0.446 e. The Bertz CT molecular complexity index is 691. The summed E-state index contributed by atoms with van der Waals surface area (Å²) in [6.07, 6.45) is -0.668. The highest BCUT2D eigenvalue weighted by Gasteiger charge is 2.21. The van der Waals surface area contributed by atoms with E-state index in [4.69, 9.17) is 4.74 Å². The number of halogens is 2. The molecule has 0 saturated heterocycles. The van der Waals surface area contributed by atoms with E-state index in [1.54, 1.807) is 19.1 Å². The van der Waals surface area contributed by atoms with E-state index in [9.17, 15) is 19.6 Å². The Hall–Kier alpha value is -1.99. The van der Waals surface area contributed by atoms with Crippen molar-refractivity contribution in [3.8, 4) is 11.5 Å². The predicted molar refractivity (Wildman–Crippen MR) is 77.9 cm³/mol. The third-order valence-corrected chi connectivity index (χ3v) is 3.41. The van der Waals surface area contributed by atoms with Crippen molar-refractivity contribution in [2.75, 3.05) is 0 Å². The molecule has 0 aliphatic carbocycles. The zero-order valence-corrected chi connectivity index (χ0v) is 12.5. The van der Waals surface area contributed by atoms with Gasteiger partial charge in [0, 0.05) is 6.07 Å². The molecule has 1 N–H and O–H groups in total. The van der Waals surface area contributed by atoms with E-state index < -0.39 is 28.3 Å². The second-order valence-corrected chi connectivity index (χ2v) is 5.17. The normalized spacial score (nSPS) is 12.0. The molecule has 1 unspecified atom stereocenters. The first-order chi connectivity index (χ1) is 9.90. The van der Waals surface area contributed by atoms with Gasteiger partial charge in [-0.05, 0) is 46.6 Å². The molecule has 0 aliphatic rings. The largest absolute Gasteiger partial charge is 0.446 e. The first-order valence-electron chi connectivity index (χ1n) is 5.98. The number of para-hydroxylation sites is 1. The average molecular weight is 356 g/mol. The second-order valence-electron chi connectivity index (χ2n) is 4.31. The smallest absolute Gasteiger partial charge is 0.314 e. The molecule has 0 radical (unpaired) electrons. The van der Waals surface area contributed by atoms with Crippen molar-refractivity contribution in [3.63, 3.8) is 0 Å². The zero-order valence-electron chi connectivity index (χ0n) is 10.9. The van der Waals surface area contributed by atoms with Crippen LogP contribution in [0.3, 0.4) is 0 Å². The van der Waals surface area contributed by atoms with Crippen molar-refractivity contribution in [1.82, 2.24) is 0 Å². The quantitative estimate of drug-likeness (QED) is 0.653. The Balaban J connectivity index is 2.41. The highest BCUT2D eigenvalue weighted by molar-refractivity contribution is 9.10. The summed E-state index contributed by atoms with van der Waals surface area (Å²) in [5, 5.41) is 20.4. The lowest BCUT2D eigenvalue weighted by Gasteiger charge is -2.11. The van der Waals surface area contributed by atoms with Gasteiger partial charge >= 0.3 is 5.69 Å². The van der Waals surface area contributed by atoms with Gasteiger partial charge in [-0.3, -0.25) is 10.1 Å². The molecule has 2 aromatic carbocycles. The van der Waals surface area contributed by atoms with Crippen LogP contribution in [0.2, 0.25) is 0 Å². The Morgan fingerprint density at radius 1 is 1.38 bits per heavy atom. The summed E-state index contributed by atoms with van der Waals surface area (Å²) < 4.78 is 19.5. The van der Waals surface area contributed by atoms with Crippen molar-refractivity contribution < 1.29 is 19.2 Å². The molecule has 0 aliphatic heterocycles. The van der Waals surface area contributed by atoms with Crippen molar-refractivity contribution >= 4 is 21.6 Å².